The molecule has 0 aliphatic carbocycles. The Hall–Kier alpha value is -3.00. The molecular weight excluding hydrogens is 352 g/mol. The molecule has 0 aliphatic rings. The largest absolute Gasteiger partial charge is 0.360 e. The Bertz CT molecular complexity index is 889. The molecule has 0 atom stereocenters. The summed E-state index contributed by atoms with van der Waals surface area (Å²) < 4.78 is 4.85. The van der Waals surface area contributed by atoms with Crippen LogP contribution in [0.4, 0.5) is 5.82 Å². The number of nitrogens with one attached hydrogen (secondary N) is 2. The fraction of sp³-hybridized carbons (Fsp3) is 0.222. The maximum absolute atomic E-state index is 11.9. The Morgan fingerprint density at radius 3 is 2.73 bits per heavy atom. The van der Waals surface area contributed by atoms with Crippen LogP contribution in [0, 0.1) is 6.92 Å². The molecular formula is C18H18N4O3S. The van der Waals surface area contributed by atoms with Gasteiger partial charge in [-0.25, -0.2) is 4.98 Å². The first-order valence-electron chi connectivity index (χ1n) is 8.10. The molecule has 1 aromatic carbocycles. The summed E-state index contributed by atoms with van der Waals surface area (Å²) in [4.78, 5) is 28.2. The Morgan fingerprint density at radius 2 is 2.00 bits per heavy atom. The molecule has 0 saturated heterocycles. The van der Waals surface area contributed by atoms with Gasteiger partial charge in [-0.2, -0.15) is 0 Å². The molecule has 0 bridgehead atoms. The molecule has 2 amide bonds. The van der Waals surface area contributed by atoms with Crippen molar-refractivity contribution >= 4 is 29.0 Å². The smallest absolute Gasteiger partial charge is 0.245 e. The number of hydrogen-bond donors (Lipinski definition) is 2. The molecule has 0 radical (unpaired) electrons. The van der Waals surface area contributed by atoms with Crippen molar-refractivity contribution < 1.29 is 14.1 Å². The molecule has 0 unspecified atom stereocenters. The van der Waals surface area contributed by atoms with Gasteiger partial charge in [0.05, 0.1) is 17.2 Å². The Balaban J connectivity index is 1.41. The SMILES string of the molecule is Cc1cc(NC(=O)CNC(=O)CCc2nc(-c3ccccc3)cs2)no1. The van der Waals surface area contributed by atoms with Crippen LogP contribution in [0.1, 0.15) is 17.2 Å². The van der Waals surface area contributed by atoms with E-state index in [0.717, 1.165) is 16.3 Å². The van der Waals surface area contributed by atoms with Gasteiger partial charge >= 0.3 is 0 Å². The van der Waals surface area contributed by atoms with E-state index in [2.05, 4.69) is 20.8 Å². The molecule has 2 heterocycles. The first-order valence-corrected chi connectivity index (χ1v) is 8.98. The molecule has 2 N–H and O–H groups in total. The van der Waals surface area contributed by atoms with Crippen LogP contribution in [0.3, 0.4) is 0 Å². The molecule has 3 aromatic rings. The number of thiazole rings is 1. The van der Waals surface area contributed by atoms with Gasteiger partial charge in [-0.05, 0) is 6.92 Å². The number of carbonyl (C=O) groups excluding carboxylic acids is 2. The van der Waals surface area contributed by atoms with E-state index in [0.29, 0.717) is 18.0 Å². The summed E-state index contributed by atoms with van der Waals surface area (Å²) in [6.07, 6.45) is 0.811. The summed E-state index contributed by atoms with van der Waals surface area (Å²) in [6.45, 7) is 1.62. The summed E-state index contributed by atoms with van der Waals surface area (Å²) in [5, 5.41) is 11.7. The second kappa shape index (κ2) is 8.39. The van der Waals surface area contributed by atoms with Crippen molar-refractivity contribution in [1.29, 1.82) is 0 Å². The zero-order chi connectivity index (χ0) is 18.4. The van der Waals surface area contributed by atoms with Gasteiger partial charge in [0.1, 0.15) is 5.76 Å². The second-order valence-electron chi connectivity index (χ2n) is 5.64. The fourth-order valence-electron chi connectivity index (χ4n) is 2.27. The minimum absolute atomic E-state index is 0.113. The highest BCUT2D eigenvalue weighted by atomic mass is 32.1. The van der Waals surface area contributed by atoms with Gasteiger partial charge < -0.3 is 15.2 Å². The predicted molar refractivity (Wildman–Crippen MR) is 98.8 cm³/mol. The van der Waals surface area contributed by atoms with Crippen molar-refractivity contribution in [2.75, 3.05) is 11.9 Å². The van der Waals surface area contributed by atoms with E-state index in [1.54, 1.807) is 13.0 Å². The number of aromatic nitrogens is 2. The number of hydrogen-bond acceptors (Lipinski definition) is 6. The number of anilines is 1. The first kappa shape index (κ1) is 17.8. The summed E-state index contributed by atoms with van der Waals surface area (Å²) in [5.74, 6) is 0.376. The van der Waals surface area contributed by atoms with Gasteiger partial charge in [-0.15, -0.1) is 11.3 Å². The summed E-state index contributed by atoms with van der Waals surface area (Å²) in [7, 11) is 0. The highest BCUT2D eigenvalue weighted by molar-refractivity contribution is 7.09. The molecule has 0 fully saturated rings. The summed E-state index contributed by atoms with van der Waals surface area (Å²) in [5.41, 5.74) is 1.97. The number of carbonyl (C=O) groups is 2. The zero-order valence-electron chi connectivity index (χ0n) is 14.2. The lowest BCUT2D eigenvalue weighted by atomic mass is 10.2. The highest BCUT2D eigenvalue weighted by Gasteiger charge is 2.10. The van der Waals surface area contributed by atoms with Crippen LogP contribution >= 0.6 is 11.3 Å². The van der Waals surface area contributed by atoms with Crippen LogP contribution in [0.2, 0.25) is 0 Å². The van der Waals surface area contributed by atoms with Gasteiger partial charge in [-0.3, -0.25) is 9.59 Å². The first-order chi connectivity index (χ1) is 12.6. The Labute approximate surface area is 154 Å². The normalized spacial score (nSPS) is 10.5. The molecule has 26 heavy (non-hydrogen) atoms. The van der Waals surface area contributed by atoms with E-state index in [1.165, 1.54) is 11.3 Å². The summed E-state index contributed by atoms with van der Waals surface area (Å²) in [6, 6.07) is 11.5. The van der Waals surface area contributed by atoms with Crippen molar-refractivity contribution in [2.45, 2.75) is 19.8 Å². The third kappa shape index (κ3) is 5.00. The molecule has 0 aliphatic heterocycles. The third-order valence-corrected chi connectivity index (χ3v) is 4.44. The molecule has 0 saturated carbocycles. The lowest BCUT2D eigenvalue weighted by Crippen LogP contribution is -2.33. The summed E-state index contributed by atoms with van der Waals surface area (Å²) >= 11 is 1.53. The zero-order valence-corrected chi connectivity index (χ0v) is 15.0. The molecule has 8 heteroatoms. The minimum Gasteiger partial charge on any atom is -0.360 e. The number of rotatable bonds is 7. The Kier molecular flexibility index (Phi) is 5.75. The highest BCUT2D eigenvalue weighted by Crippen LogP contribution is 2.22. The molecule has 0 spiro atoms. The topological polar surface area (TPSA) is 97.1 Å². The molecule has 134 valence electrons. The van der Waals surface area contributed by atoms with E-state index in [-0.39, 0.29) is 24.8 Å². The monoisotopic (exact) mass is 370 g/mol. The van der Waals surface area contributed by atoms with E-state index in [4.69, 9.17) is 4.52 Å². The van der Waals surface area contributed by atoms with Gasteiger partial charge in [0, 0.05) is 29.9 Å². The van der Waals surface area contributed by atoms with Crippen LogP contribution in [0.5, 0.6) is 0 Å². The lowest BCUT2D eigenvalue weighted by Gasteiger charge is -2.04. The van der Waals surface area contributed by atoms with Crippen molar-refractivity contribution in [2.24, 2.45) is 0 Å². The van der Waals surface area contributed by atoms with E-state index in [9.17, 15) is 9.59 Å². The van der Waals surface area contributed by atoms with Crippen LogP contribution in [-0.4, -0.2) is 28.5 Å². The molecule has 7 nitrogen and oxygen atoms in total. The average Bonchev–Trinajstić information content (AvgIpc) is 3.28. The fourth-order valence-corrected chi connectivity index (χ4v) is 3.07. The molecule has 3 rings (SSSR count). The van der Waals surface area contributed by atoms with Crippen molar-refractivity contribution in [3.05, 3.63) is 52.5 Å². The van der Waals surface area contributed by atoms with Crippen LogP contribution in [0.15, 0.2) is 46.3 Å². The number of nitrogens with zero attached hydrogens (tertiary/aromatic N) is 2. The predicted octanol–water partition coefficient (Wildman–Crippen LogP) is 2.79. The molecule has 2 aromatic heterocycles. The van der Waals surface area contributed by atoms with Crippen LogP contribution < -0.4 is 10.6 Å². The second-order valence-corrected chi connectivity index (χ2v) is 6.58. The Morgan fingerprint density at radius 1 is 1.19 bits per heavy atom. The van der Waals surface area contributed by atoms with E-state index < -0.39 is 0 Å². The maximum atomic E-state index is 11.9. The quantitative estimate of drug-likeness (QED) is 0.666. The van der Waals surface area contributed by atoms with Gasteiger partial charge in [0.25, 0.3) is 0 Å². The number of benzene rings is 1. The van der Waals surface area contributed by atoms with Crippen molar-refractivity contribution in [3.8, 4) is 11.3 Å². The van der Waals surface area contributed by atoms with Gasteiger partial charge in [0.15, 0.2) is 5.82 Å². The van der Waals surface area contributed by atoms with Crippen molar-refractivity contribution in [3.63, 3.8) is 0 Å². The minimum atomic E-state index is -0.354. The van der Waals surface area contributed by atoms with E-state index in [1.807, 2.05) is 35.7 Å². The maximum Gasteiger partial charge on any atom is 0.245 e. The lowest BCUT2D eigenvalue weighted by molar-refractivity contribution is -0.124. The van der Waals surface area contributed by atoms with Gasteiger partial charge in [0.2, 0.25) is 11.8 Å². The number of aryl methyl sites for hydroxylation is 2. The number of amides is 2. The van der Waals surface area contributed by atoms with Crippen molar-refractivity contribution in [1.82, 2.24) is 15.5 Å². The standard InChI is InChI=1S/C18H18N4O3S/c1-12-9-15(22-25-12)21-17(24)10-19-16(23)7-8-18-20-14(11-26-18)13-5-3-2-4-6-13/h2-6,9,11H,7-8,10H2,1H3,(H,19,23)(H,21,22,24). The third-order valence-electron chi connectivity index (χ3n) is 3.53. The van der Waals surface area contributed by atoms with Gasteiger partial charge in [-0.1, -0.05) is 35.5 Å². The van der Waals surface area contributed by atoms with Crippen LogP contribution in [-0.2, 0) is 16.0 Å². The van der Waals surface area contributed by atoms with E-state index >= 15 is 0 Å². The van der Waals surface area contributed by atoms with Crippen LogP contribution in [0.25, 0.3) is 11.3 Å². The average molecular weight is 370 g/mol.